The van der Waals surface area contributed by atoms with Crippen LogP contribution >= 0.6 is 11.6 Å². The Morgan fingerprint density at radius 1 is 1.58 bits per heavy atom. The second-order valence-electron chi connectivity index (χ2n) is 2.11. The van der Waals surface area contributed by atoms with Crippen LogP contribution in [-0.2, 0) is 0 Å². The second-order valence-corrected chi connectivity index (χ2v) is 2.51. The van der Waals surface area contributed by atoms with Gasteiger partial charge in [0.1, 0.15) is 11.8 Å². The van der Waals surface area contributed by atoms with Gasteiger partial charge in [0.2, 0.25) is 0 Å². The zero-order valence-corrected chi connectivity index (χ0v) is 6.67. The third kappa shape index (κ3) is 1.55. The minimum absolute atomic E-state index is 0.0329. The minimum Gasteiger partial charge on any atom is -0.508 e. The number of carbonyl (C=O) groups excluding carboxylic acids is 1. The van der Waals surface area contributed by atoms with E-state index in [2.05, 4.69) is 0 Å². The molecule has 0 spiro atoms. The summed E-state index contributed by atoms with van der Waals surface area (Å²) in [4.78, 5) is 10.8. The maximum atomic E-state index is 10.8. The minimum atomic E-state index is -0.708. The Hall–Kier alpha value is -1.53. The molecule has 4 heteroatoms. The number of benzene rings is 1. The molecule has 60 valence electrons. The van der Waals surface area contributed by atoms with E-state index in [1.54, 1.807) is 0 Å². The average Bonchev–Trinajstić information content (AvgIpc) is 2.03. The van der Waals surface area contributed by atoms with Crippen molar-refractivity contribution in [2.75, 3.05) is 0 Å². The van der Waals surface area contributed by atoms with Crippen molar-refractivity contribution >= 4 is 17.4 Å². The van der Waals surface area contributed by atoms with Crippen LogP contribution in [0.2, 0.25) is 5.02 Å². The summed E-state index contributed by atoms with van der Waals surface area (Å²) in [6.07, 6.45) is 0. The lowest BCUT2D eigenvalue weighted by molar-refractivity contribution is 0.105. The number of phenols is 1. The number of Topliss-reactive ketones (excluding diaryl/α,β-unsaturated/α-hetero) is 1. The fourth-order valence-corrected chi connectivity index (χ4v) is 1.01. The first kappa shape index (κ1) is 8.57. The van der Waals surface area contributed by atoms with Gasteiger partial charge in [-0.15, -0.1) is 0 Å². The van der Waals surface area contributed by atoms with E-state index in [1.165, 1.54) is 24.3 Å². The summed E-state index contributed by atoms with van der Waals surface area (Å²) in [6, 6.07) is 5.26. The van der Waals surface area contributed by atoms with E-state index in [4.69, 9.17) is 22.0 Å². The van der Waals surface area contributed by atoms with Crippen molar-refractivity contribution in [3.05, 3.63) is 28.8 Å². The second kappa shape index (κ2) is 3.24. The third-order valence-electron chi connectivity index (χ3n) is 1.30. The Kier molecular flexibility index (Phi) is 2.32. The van der Waals surface area contributed by atoms with Crippen molar-refractivity contribution in [2.24, 2.45) is 0 Å². The molecule has 0 unspecified atom stereocenters. The highest BCUT2D eigenvalue weighted by Crippen LogP contribution is 2.21. The average molecular weight is 182 g/mol. The smallest absolute Gasteiger partial charge is 0.263 e. The van der Waals surface area contributed by atoms with Gasteiger partial charge in [0, 0.05) is 0 Å². The molecule has 0 saturated heterocycles. The first-order chi connectivity index (χ1) is 5.65. The monoisotopic (exact) mass is 181 g/mol. The van der Waals surface area contributed by atoms with E-state index >= 15 is 0 Å². The Balaban J connectivity index is 3.20. The van der Waals surface area contributed by atoms with Gasteiger partial charge in [-0.3, -0.25) is 4.79 Å². The number of nitriles is 1. The molecule has 1 aromatic carbocycles. The molecular formula is C8H4ClNO2. The van der Waals surface area contributed by atoms with E-state index in [-0.39, 0.29) is 16.3 Å². The van der Waals surface area contributed by atoms with Crippen LogP contribution in [-0.4, -0.2) is 10.9 Å². The van der Waals surface area contributed by atoms with Crippen LogP contribution in [0.4, 0.5) is 0 Å². The largest absolute Gasteiger partial charge is 0.508 e. The molecule has 0 aliphatic heterocycles. The molecule has 1 N–H and O–H groups in total. The quantitative estimate of drug-likeness (QED) is 0.530. The molecule has 0 heterocycles. The maximum absolute atomic E-state index is 10.8. The number of rotatable bonds is 1. The molecule has 0 aliphatic carbocycles. The number of carbonyl (C=O) groups is 1. The van der Waals surface area contributed by atoms with Crippen LogP contribution in [0.25, 0.3) is 0 Å². The van der Waals surface area contributed by atoms with Gasteiger partial charge in [-0.2, -0.15) is 5.26 Å². The Morgan fingerprint density at radius 3 is 2.75 bits per heavy atom. The van der Waals surface area contributed by atoms with Crippen LogP contribution in [0, 0.1) is 11.3 Å². The number of hydrogen-bond acceptors (Lipinski definition) is 3. The molecule has 0 amide bonds. The number of ketones is 1. The van der Waals surface area contributed by atoms with E-state index in [1.807, 2.05) is 0 Å². The Bertz CT molecular complexity index is 368. The van der Waals surface area contributed by atoms with Gasteiger partial charge in [-0.1, -0.05) is 11.6 Å². The third-order valence-corrected chi connectivity index (χ3v) is 1.61. The van der Waals surface area contributed by atoms with Gasteiger partial charge in [0.15, 0.2) is 0 Å². The summed E-state index contributed by atoms with van der Waals surface area (Å²) in [5.74, 6) is -0.741. The van der Waals surface area contributed by atoms with Crippen LogP contribution in [0.5, 0.6) is 5.75 Å². The Morgan fingerprint density at radius 2 is 2.25 bits per heavy atom. The molecule has 0 fully saturated rings. The number of aromatic hydroxyl groups is 1. The number of nitrogens with zero attached hydrogens (tertiary/aromatic N) is 1. The first-order valence-electron chi connectivity index (χ1n) is 3.08. The van der Waals surface area contributed by atoms with E-state index in [0.29, 0.717) is 0 Å². The number of halogens is 1. The molecule has 12 heavy (non-hydrogen) atoms. The molecule has 0 bridgehead atoms. The summed E-state index contributed by atoms with van der Waals surface area (Å²) in [5, 5.41) is 17.3. The number of hydrogen-bond donors (Lipinski definition) is 1. The molecule has 0 radical (unpaired) electrons. The van der Waals surface area contributed by atoms with Crippen molar-refractivity contribution in [1.82, 2.24) is 0 Å². The zero-order valence-electron chi connectivity index (χ0n) is 5.91. The lowest BCUT2D eigenvalue weighted by Gasteiger charge is -1.97. The molecule has 0 atom stereocenters. The normalized spacial score (nSPS) is 9.00. The first-order valence-corrected chi connectivity index (χ1v) is 3.46. The van der Waals surface area contributed by atoms with Crippen molar-refractivity contribution in [1.29, 1.82) is 5.26 Å². The molecular weight excluding hydrogens is 178 g/mol. The highest BCUT2D eigenvalue weighted by Gasteiger charge is 2.08. The fourth-order valence-electron chi connectivity index (χ4n) is 0.748. The SMILES string of the molecule is N#CC(=O)c1ccc(O)cc1Cl. The topological polar surface area (TPSA) is 61.1 Å². The molecule has 0 aliphatic rings. The summed E-state index contributed by atoms with van der Waals surface area (Å²) >= 11 is 5.57. The highest BCUT2D eigenvalue weighted by molar-refractivity contribution is 6.35. The van der Waals surface area contributed by atoms with Crippen molar-refractivity contribution in [3.8, 4) is 11.8 Å². The summed E-state index contributed by atoms with van der Waals surface area (Å²) in [6.45, 7) is 0. The van der Waals surface area contributed by atoms with Crippen LogP contribution in [0.1, 0.15) is 10.4 Å². The lowest BCUT2D eigenvalue weighted by Crippen LogP contribution is -1.94. The maximum Gasteiger partial charge on any atom is 0.263 e. The molecule has 1 rings (SSSR count). The van der Waals surface area contributed by atoms with Crippen molar-refractivity contribution in [2.45, 2.75) is 0 Å². The standard InChI is InChI=1S/C8H4ClNO2/c9-7-3-5(11)1-2-6(7)8(12)4-10/h1-3,11H. The van der Waals surface area contributed by atoms with Gasteiger partial charge in [-0.25, -0.2) is 0 Å². The van der Waals surface area contributed by atoms with Gasteiger partial charge in [0.05, 0.1) is 10.6 Å². The number of phenolic OH excluding ortho intramolecular Hbond substituents is 1. The van der Waals surface area contributed by atoms with Crippen LogP contribution in [0.3, 0.4) is 0 Å². The van der Waals surface area contributed by atoms with Crippen LogP contribution in [0.15, 0.2) is 18.2 Å². The highest BCUT2D eigenvalue weighted by atomic mass is 35.5. The van der Waals surface area contributed by atoms with E-state index < -0.39 is 5.78 Å². The molecule has 0 aromatic heterocycles. The molecule has 3 nitrogen and oxygen atoms in total. The van der Waals surface area contributed by atoms with Crippen molar-refractivity contribution in [3.63, 3.8) is 0 Å². The molecule has 1 aromatic rings. The van der Waals surface area contributed by atoms with E-state index in [0.717, 1.165) is 0 Å². The predicted molar refractivity (Wildman–Crippen MR) is 43.1 cm³/mol. The van der Waals surface area contributed by atoms with Gasteiger partial charge in [-0.05, 0) is 18.2 Å². The Labute approximate surface area is 73.8 Å². The molecule has 0 saturated carbocycles. The zero-order chi connectivity index (χ0) is 9.14. The summed E-state index contributed by atoms with van der Waals surface area (Å²) in [7, 11) is 0. The summed E-state index contributed by atoms with van der Waals surface area (Å²) in [5.41, 5.74) is 0.108. The van der Waals surface area contributed by atoms with Crippen LogP contribution < -0.4 is 0 Å². The fraction of sp³-hybridized carbons (Fsp3) is 0. The van der Waals surface area contributed by atoms with Gasteiger partial charge in [0.25, 0.3) is 5.78 Å². The van der Waals surface area contributed by atoms with Gasteiger partial charge < -0.3 is 5.11 Å². The predicted octanol–water partition coefficient (Wildman–Crippen LogP) is 1.75. The van der Waals surface area contributed by atoms with Gasteiger partial charge >= 0.3 is 0 Å². The lowest BCUT2D eigenvalue weighted by atomic mass is 10.1. The van der Waals surface area contributed by atoms with Crippen molar-refractivity contribution < 1.29 is 9.90 Å². The van der Waals surface area contributed by atoms with E-state index in [9.17, 15) is 4.79 Å². The summed E-state index contributed by atoms with van der Waals surface area (Å²) < 4.78 is 0.